The van der Waals surface area contributed by atoms with Crippen LogP contribution in [0, 0.1) is 13.8 Å². The van der Waals surface area contributed by atoms with Crippen LogP contribution in [0.5, 0.6) is 5.75 Å². The Morgan fingerprint density at radius 3 is 2.09 bits per heavy atom. The van der Waals surface area contributed by atoms with E-state index in [4.69, 9.17) is 9.26 Å². The van der Waals surface area contributed by atoms with Crippen molar-refractivity contribution in [3.05, 3.63) is 59.2 Å². The molecule has 0 aliphatic rings. The molecule has 117 valence electrons. The van der Waals surface area contributed by atoms with E-state index in [1.54, 1.807) is 7.11 Å². The van der Waals surface area contributed by atoms with Gasteiger partial charge in [0.15, 0.2) is 0 Å². The summed E-state index contributed by atoms with van der Waals surface area (Å²) in [5.41, 5.74) is 2.83. The monoisotopic (exact) mass is 323 g/mol. The van der Waals surface area contributed by atoms with Crippen molar-refractivity contribution in [2.45, 2.75) is 20.8 Å². The van der Waals surface area contributed by atoms with Gasteiger partial charge in [0.05, 0.1) is 7.11 Å². The summed E-state index contributed by atoms with van der Waals surface area (Å²) in [4.78, 5) is 13.0. The third-order valence-corrected chi connectivity index (χ3v) is 5.32. The second kappa shape index (κ2) is 9.26. The number of rotatable bonds is 6. The third-order valence-electron chi connectivity index (χ3n) is 3.44. The number of carbonyl (C=O) groups excluding carboxylic acids is 1. The Morgan fingerprint density at radius 2 is 1.61 bits per heavy atom. The molecular formula is C18H21LiO3P. The van der Waals surface area contributed by atoms with Gasteiger partial charge in [0.25, 0.3) is 0 Å². The summed E-state index contributed by atoms with van der Waals surface area (Å²) < 4.78 is 11.0. The van der Waals surface area contributed by atoms with E-state index in [0.717, 1.165) is 27.7 Å². The maximum absolute atomic E-state index is 13.0. The predicted octanol–water partition coefficient (Wildman–Crippen LogP) is 3.83. The Bertz CT molecular complexity index is 636. The smallest absolute Gasteiger partial charge is 0.216 e. The summed E-state index contributed by atoms with van der Waals surface area (Å²) in [6, 6.07) is 13.4. The molecule has 2 aromatic carbocycles. The molecule has 5 heteroatoms. The van der Waals surface area contributed by atoms with Crippen LogP contribution in [0.3, 0.4) is 0 Å². The molecule has 0 saturated carbocycles. The van der Waals surface area contributed by atoms with Gasteiger partial charge < -0.3 is 9.26 Å². The van der Waals surface area contributed by atoms with Crippen molar-refractivity contribution in [1.82, 2.24) is 0 Å². The van der Waals surface area contributed by atoms with Gasteiger partial charge in [-0.25, -0.2) is 0 Å². The molecule has 0 heterocycles. The molecule has 2 aromatic rings. The number of hydrogen-bond donors (Lipinski definition) is 0. The Balaban J connectivity index is 0.00000264. The predicted molar refractivity (Wildman–Crippen MR) is 97.2 cm³/mol. The summed E-state index contributed by atoms with van der Waals surface area (Å²) in [6.45, 7) is 6.35. The van der Waals surface area contributed by atoms with Gasteiger partial charge in [0.1, 0.15) is 13.9 Å². The molecule has 2 rings (SSSR count). The van der Waals surface area contributed by atoms with Gasteiger partial charge in [-0.3, -0.25) is 4.79 Å². The Labute approximate surface area is 151 Å². The van der Waals surface area contributed by atoms with Crippen LogP contribution in [0.15, 0.2) is 42.5 Å². The van der Waals surface area contributed by atoms with Gasteiger partial charge >= 0.3 is 0 Å². The molecule has 0 aliphatic carbocycles. The van der Waals surface area contributed by atoms with Crippen molar-refractivity contribution < 1.29 is 14.1 Å². The third kappa shape index (κ3) is 4.69. The first-order valence-corrected chi connectivity index (χ1v) is 8.52. The zero-order valence-corrected chi connectivity index (χ0v) is 15.3. The fourth-order valence-corrected chi connectivity index (χ4v) is 4.09. The minimum absolute atomic E-state index is 0. The second-order valence-electron chi connectivity index (χ2n) is 4.98. The van der Waals surface area contributed by atoms with Crippen LogP contribution in [0.25, 0.3) is 0 Å². The molecule has 0 aromatic heterocycles. The molecule has 0 aliphatic heterocycles. The molecule has 3 nitrogen and oxygen atoms in total. The van der Waals surface area contributed by atoms with Gasteiger partial charge in [0.2, 0.25) is 5.52 Å². The van der Waals surface area contributed by atoms with Gasteiger partial charge in [-0.2, -0.15) is 0 Å². The number of methoxy groups -OCH3 is 1. The molecule has 1 unspecified atom stereocenters. The van der Waals surface area contributed by atoms with Crippen molar-refractivity contribution in [1.29, 1.82) is 0 Å². The first kappa shape index (κ1) is 19.9. The van der Waals surface area contributed by atoms with Crippen LogP contribution in [-0.4, -0.2) is 38.1 Å². The van der Waals surface area contributed by atoms with Crippen LogP contribution in [-0.2, 0) is 4.52 Å². The van der Waals surface area contributed by atoms with Crippen molar-refractivity contribution in [3.63, 3.8) is 0 Å². The van der Waals surface area contributed by atoms with Gasteiger partial charge in [-0.05, 0) is 56.2 Å². The van der Waals surface area contributed by atoms with Crippen molar-refractivity contribution >= 4 is 37.8 Å². The van der Waals surface area contributed by atoms with Crippen molar-refractivity contribution in [2.75, 3.05) is 13.7 Å². The topological polar surface area (TPSA) is 35.5 Å². The molecule has 0 saturated heterocycles. The summed E-state index contributed by atoms with van der Waals surface area (Å²) in [5.74, 6) is 0.773. The number of ether oxygens (including phenoxy) is 1. The van der Waals surface area contributed by atoms with Gasteiger partial charge in [-0.15, -0.1) is 0 Å². The van der Waals surface area contributed by atoms with E-state index in [0.29, 0.717) is 6.61 Å². The first-order valence-electron chi connectivity index (χ1n) is 7.26. The van der Waals surface area contributed by atoms with Crippen LogP contribution in [0.4, 0.5) is 0 Å². The average Bonchev–Trinajstić information content (AvgIpc) is 2.52. The van der Waals surface area contributed by atoms with Crippen LogP contribution in [0.2, 0.25) is 0 Å². The van der Waals surface area contributed by atoms with Crippen molar-refractivity contribution in [2.24, 2.45) is 0 Å². The van der Waals surface area contributed by atoms with E-state index in [2.05, 4.69) is 0 Å². The molecule has 23 heavy (non-hydrogen) atoms. The molecule has 1 atom stereocenters. The molecule has 0 amide bonds. The molecule has 1 radical (unpaired) electrons. The molecular weight excluding hydrogens is 302 g/mol. The molecule has 0 spiro atoms. The number of carbonyl (C=O) groups is 1. The van der Waals surface area contributed by atoms with Crippen LogP contribution < -0.4 is 10.0 Å². The average molecular weight is 323 g/mol. The fourth-order valence-electron chi connectivity index (χ4n) is 2.35. The van der Waals surface area contributed by atoms with Gasteiger partial charge in [0, 0.05) is 36.3 Å². The van der Waals surface area contributed by atoms with E-state index in [1.165, 1.54) is 0 Å². The van der Waals surface area contributed by atoms with Gasteiger partial charge in [-0.1, -0.05) is 18.2 Å². The Morgan fingerprint density at radius 1 is 1.04 bits per heavy atom. The maximum atomic E-state index is 13.0. The van der Waals surface area contributed by atoms with E-state index < -0.39 is 8.15 Å². The Kier molecular flexibility index (Phi) is 8.03. The normalized spacial score (nSPS) is 11.5. The maximum Gasteiger partial charge on any atom is 0.216 e. The SMILES string of the molecule is CCOP(C(=O)c1c(C)cccc1C)c1ccc(OC)cc1.[Li]. The largest absolute Gasteiger partial charge is 0.497 e. The van der Waals surface area contributed by atoms with E-state index in [9.17, 15) is 4.79 Å². The van der Waals surface area contributed by atoms with E-state index in [-0.39, 0.29) is 24.4 Å². The summed E-state index contributed by atoms with van der Waals surface area (Å²) in [5, 5.41) is 0.908. The minimum atomic E-state index is -1.34. The molecule has 0 bridgehead atoms. The molecule has 0 N–H and O–H groups in total. The van der Waals surface area contributed by atoms with Crippen LogP contribution >= 0.6 is 8.15 Å². The zero-order chi connectivity index (χ0) is 16.1. The van der Waals surface area contributed by atoms with Crippen LogP contribution in [0.1, 0.15) is 28.4 Å². The quantitative estimate of drug-likeness (QED) is 0.599. The molecule has 0 fully saturated rings. The second-order valence-corrected chi connectivity index (χ2v) is 6.75. The summed E-state index contributed by atoms with van der Waals surface area (Å²) in [7, 11) is 0.290. The Hall–Kier alpha value is -1.10. The van der Waals surface area contributed by atoms with E-state index in [1.807, 2.05) is 63.2 Å². The fraction of sp³-hybridized carbons (Fsp3) is 0.278. The van der Waals surface area contributed by atoms with Crippen molar-refractivity contribution in [3.8, 4) is 5.75 Å². The number of benzene rings is 2. The first-order chi connectivity index (χ1) is 10.6. The minimum Gasteiger partial charge on any atom is -0.497 e. The zero-order valence-electron chi connectivity index (χ0n) is 14.4. The standard InChI is InChI=1S/C18H21O3P.Li/c1-5-21-22(16-11-9-15(20-4)10-12-16)18(19)17-13(2)7-6-8-14(17)3;/h6-12H,5H2,1-4H3;. The number of hydrogen-bond acceptors (Lipinski definition) is 3. The summed E-state index contributed by atoms with van der Waals surface area (Å²) in [6.07, 6.45) is 0. The van der Waals surface area contributed by atoms with E-state index >= 15 is 0 Å². The summed E-state index contributed by atoms with van der Waals surface area (Å²) >= 11 is 0. The number of aryl methyl sites for hydroxylation is 2.